The van der Waals surface area contributed by atoms with Crippen LogP contribution in [-0.4, -0.2) is 52.0 Å². The zero-order valence-electron chi connectivity index (χ0n) is 17.6. The van der Waals surface area contributed by atoms with Crippen LogP contribution in [0.15, 0.2) is 48.5 Å². The average Bonchev–Trinajstić information content (AvgIpc) is 3.16. The van der Waals surface area contributed by atoms with Crippen LogP contribution in [0, 0.1) is 6.92 Å². The molecule has 0 radical (unpaired) electrons. The largest absolute Gasteiger partial charge is 0.418 e. The first-order chi connectivity index (χ1) is 15.2. The molecule has 2 fully saturated rings. The summed E-state index contributed by atoms with van der Waals surface area (Å²) in [5.41, 5.74) is 0.475. The molecule has 32 heavy (non-hydrogen) atoms. The van der Waals surface area contributed by atoms with Crippen molar-refractivity contribution in [2.45, 2.75) is 30.8 Å². The molecule has 1 N–H and O–H groups in total. The maximum Gasteiger partial charge on any atom is 0.418 e. The standard InChI is InChI=1S/C23H24F3N3O2S/c1-16-6-2-3-7-17(16)20(30)29-14-15-32-22(29)10-12-28(13-11-22)21(31)27-19-9-5-4-8-18(19)23(24,25)26/h2-9H,10-15H2,1H3,(H,27,31). The second-order valence-corrected chi connectivity index (χ2v) is 9.48. The number of hydrogen-bond donors (Lipinski definition) is 1. The molecule has 0 unspecified atom stereocenters. The molecule has 2 aromatic carbocycles. The van der Waals surface area contributed by atoms with Gasteiger partial charge >= 0.3 is 12.2 Å². The maximum absolute atomic E-state index is 13.2. The van der Waals surface area contributed by atoms with Gasteiger partial charge in [-0.25, -0.2) is 4.79 Å². The summed E-state index contributed by atoms with van der Waals surface area (Å²) in [6.07, 6.45) is -3.40. The number of carbonyl (C=O) groups is 2. The van der Waals surface area contributed by atoms with Crippen LogP contribution in [0.2, 0.25) is 0 Å². The quantitative estimate of drug-likeness (QED) is 0.664. The summed E-state index contributed by atoms with van der Waals surface area (Å²) >= 11 is 1.72. The van der Waals surface area contributed by atoms with Gasteiger partial charge in [-0.2, -0.15) is 13.2 Å². The summed E-state index contributed by atoms with van der Waals surface area (Å²) in [5.74, 6) is 0.813. The Bertz CT molecular complexity index is 1020. The zero-order valence-corrected chi connectivity index (χ0v) is 18.4. The molecule has 0 aromatic heterocycles. The molecule has 4 rings (SSSR count). The third-order valence-corrected chi connectivity index (χ3v) is 7.66. The van der Waals surface area contributed by atoms with E-state index in [0.29, 0.717) is 38.0 Å². The van der Waals surface area contributed by atoms with E-state index >= 15 is 0 Å². The first-order valence-electron chi connectivity index (χ1n) is 10.4. The number of para-hydroxylation sites is 1. The van der Waals surface area contributed by atoms with Gasteiger partial charge in [0.2, 0.25) is 0 Å². The number of rotatable bonds is 2. The van der Waals surface area contributed by atoms with Gasteiger partial charge in [0.05, 0.1) is 16.1 Å². The molecule has 9 heteroatoms. The monoisotopic (exact) mass is 463 g/mol. The van der Waals surface area contributed by atoms with Crippen molar-refractivity contribution >= 4 is 29.4 Å². The highest BCUT2D eigenvalue weighted by molar-refractivity contribution is 8.00. The molecule has 2 heterocycles. The van der Waals surface area contributed by atoms with Gasteiger partial charge < -0.3 is 15.1 Å². The van der Waals surface area contributed by atoms with Gasteiger partial charge in [-0.1, -0.05) is 30.3 Å². The predicted molar refractivity (Wildman–Crippen MR) is 119 cm³/mol. The number of anilines is 1. The molecule has 0 atom stereocenters. The summed E-state index contributed by atoms with van der Waals surface area (Å²) < 4.78 is 39.7. The van der Waals surface area contributed by atoms with E-state index in [4.69, 9.17) is 0 Å². The summed E-state index contributed by atoms with van der Waals surface area (Å²) in [5, 5.41) is 2.41. The first-order valence-corrected chi connectivity index (χ1v) is 11.4. The molecule has 0 bridgehead atoms. The lowest BCUT2D eigenvalue weighted by molar-refractivity contribution is -0.136. The lowest BCUT2D eigenvalue weighted by atomic mass is 10.00. The minimum absolute atomic E-state index is 0.00916. The molecule has 1 spiro atoms. The van der Waals surface area contributed by atoms with Crippen molar-refractivity contribution < 1.29 is 22.8 Å². The molecule has 2 saturated heterocycles. The smallest absolute Gasteiger partial charge is 0.324 e. The van der Waals surface area contributed by atoms with Gasteiger partial charge in [0.25, 0.3) is 5.91 Å². The first kappa shape index (κ1) is 22.5. The topological polar surface area (TPSA) is 52.7 Å². The van der Waals surface area contributed by atoms with Gasteiger partial charge in [-0.15, -0.1) is 11.8 Å². The van der Waals surface area contributed by atoms with E-state index in [1.807, 2.05) is 36.1 Å². The number of piperidine rings is 1. The van der Waals surface area contributed by atoms with Gasteiger partial charge in [0.15, 0.2) is 0 Å². The van der Waals surface area contributed by atoms with E-state index in [0.717, 1.165) is 17.4 Å². The lowest BCUT2D eigenvalue weighted by Crippen LogP contribution is -2.54. The van der Waals surface area contributed by atoms with Gasteiger partial charge in [0, 0.05) is 31.0 Å². The van der Waals surface area contributed by atoms with Crippen molar-refractivity contribution in [2.75, 3.05) is 30.7 Å². The highest BCUT2D eigenvalue weighted by Gasteiger charge is 2.47. The Morgan fingerprint density at radius 1 is 1.00 bits per heavy atom. The number of alkyl halides is 3. The number of amides is 3. The minimum atomic E-state index is -4.55. The number of nitrogens with zero attached hydrogens (tertiary/aromatic N) is 2. The van der Waals surface area contributed by atoms with Crippen LogP contribution < -0.4 is 5.32 Å². The Morgan fingerprint density at radius 3 is 2.34 bits per heavy atom. The fourth-order valence-corrected chi connectivity index (χ4v) is 5.82. The fraction of sp³-hybridized carbons (Fsp3) is 0.391. The number of aryl methyl sites for hydroxylation is 1. The predicted octanol–water partition coefficient (Wildman–Crippen LogP) is 5.23. The highest BCUT2D eigenvalue weighted by atomic mass is 32.2. The number of halogens is 3. The van der Waals surface area contributed by atoms with Crippen molar-refractivity contribution in [2.24, 2.45) is 0 Å². The molecule has 0 saturated carbocycles. The van der Waals surface area contributed by atoms with Gasteiger partial charge in [-0.3, -0.25) is 4.79 Å². The molecule has 2 aliphatic heterocycles. The van der Waals surface area contributed by atoms with E-state index in [-0.39, 0.29) is 16.5 Å². The van der Waals surface area contributed by atoms with Crippen LogP contribution in [0.4, 0.5) is 23.7 Å². The summed E-state index contributed by atoms with van der Waals surface area (Å²) in [6, 6.07) is 11.9. The second-order valence-electron chi connectivity index (χ2n) is 8.03. The normalized spacial score (nSPS) is 18.1. The Morgan fingerprint density at radius 2 is 1.66 bits per heavy atom. The Kier molecular flexibility index (Phi) is 6.11. The molecule has 5 nitrogen and oxygen atoms in total. The number of benzene rings is 2. The maximum atomic E-state index is 13.2. The molecule has 0 aliphatic carbocycles. The van der Waals surface area contributed by atoms with Crippen molar-refractivity contribution in [3.05, 3.63) is 65.2 Å². The molecular formula is C23H24F3N3O2S. The Balaban J connectivity index is 1.44. The van der Waals surface area contributed by atoms with E-state index in [9.17, 15) is 22.8 Å². The minimum Gasteiger partial charge on any atom is -0.324 e. The SMILES string of the molecule is Cc1ccccc1C(=O)N1CCSC12CCN(C(=O)Nc1ccccc1C(F)(F)F)CC2. The van der Waals surface area contributed by atoms with Crippen molar-refractivity contribution in [1.29, 1.82) is 0 Å². The molecule has 170 valence electrons. The lowest BCUT2D eigenvalue weighted by Gasteiger charge is -2.44. The summed E-state index contributed by atoms with van der Waals surface area (Å²) in [6.45, 7) is 3.28. The van der Waals surface area contributed by atoms with E-state index in [1.54, 1.807) is 11.8 Å². The fourth-order valence-electron chi connectivity index (χ4n) is 4.36. The number of hydrogen-bond acceptors (Lipinski definition) is 3. The zero-order chi connectivity index (χ0) is 22.9. The van der Waals surface area contributed by atoms with Gasteiger partial charge in [-0.05, 0) is 43.5 Å². The average molecular weight is 464 g/mol. The molecule has 2 aromatic rings. The van der Waals surface area contributed by atoms with Crippen molar-refractivity contribution in [1.82, 2.24) is 9.80 Å². The van der Waals surface area contributed by atoms with E-state index in [2.05, 4.69) is 5.32 Å². The van der Waals surface area contributed by atoms with Crippen LogP contribution in [0.1, 0.15) is 34.3 Å². The summed E-state index contributed by atoms with van der Waals surface area (Å²) in [7, 11) is 0. The molecule has 3 amide bonds. The number of thioether (sulfide) groups is 1. The van der Waals surface area contributed by atoms with Gasteiger partial charge in [0.1, 0.15) is 0 Å². The number of nitrogens with one attached hydrogen (secondary N) is 1. The number of carbonyl (C=O) groups excluding carboxylic acids is 2. The Labute approximate surface area is 189 Å². The number of likely N-dealkylation sites (tertiary alicyclic amines) is 1. The molecule has 2 aliphatic rings. The number of urea groups is 1. The van der Waals surface area contributed by atoms with Crippen LogP contribution in [0.3, 0.4) is 0 Å². The van der Waals surface area contributed by atoms with Crippen LogP contribution >= 0.6 is 11.8 Å². The van der Waals surface area contributed by atoms with Crippen molar-refractivity contribution in [3.8, 4) is 0 Å². The van der Waals surface area contributed by atoms with E-state index < -0.39 is 17.8 Å². The Hall–Kier alpha value is -2.68. The van der Waals surface area contributed by atoms with Crippen molar-refractivity contribution in [3.63, 3.8) is 0 Å². The third kappa shape index (κ3) is 4.30. The van der Waals surface area contributed by atoms with E-state index in [1.165, 1.54) is 23.1 Å². The van der Waals surface area contributed by atoms with Crippen LogP contribution in [0.5, 0.6) is 0 Å². The highest BCUT2D eigenvalue weighted by Crippen LogP contribution is 2.45. The van der Waals surface area contributed by atoms with Crippen LogP contribution in [0.25, 0.3) is 0 Å². The van der Waals surface area contributed by atoms with Crippen LogP contribution in [-0.2, 0) is 6.18 Å². The second kappa shape index (κ2) is 8.69. The summed E-state index contributed by atoms with van der Waals surface area (Å²) in [4.78, 5) is 29.0. The third-order valence-electron chi connectivity index (χ3n) is 6.10. The molecular weight excluding hydrogens is 439 g/mol.